The van der Waals surface area contributed by atoms with Gasteiger partial charge in [-0.3, -0.25) is 14.4 Å². The quantitative estimate of drug-likeness (QED) is 0.354. The topological polar surface area (TPSA) is 78.9 Å². The number of carbonyl (C=O) groups excluding carboxylic acids is 3. The maximum Gasteiger partial charge on any atom is 0.318 e. The first kappa shape index (κ1) is 13.6. The molecule has 8 aliphatic carbocycles. The Bertz CT molecular complexity index is 962. The number of carbonyl (C=O) groups is 3. The number of fused-ring (bicyclic) bond motifs is 2. The van der Waals surface area contributed by atoms with Crippen LogP contribution in [0, 0.1) is 70.0 Å². The molecule has 8 fully saturated rings. The second-order valence-corrected chi connectivity index (χ2v) is 10.4. The molecule has 6 saturated carbocycles. The lowest BCUT2D eigenvalue weighted by atomic mass is 9.25. The Balaban J connectivity index is 1.43. The average Bonchev–Trinajstić information content (AvgIpc) is 3.39. The van der Waals surface area contributed by atoms with Crippen molar-refractivity contribution in [1.82, 2.24) is 0 Å². The lowest BCUT2D eigenvalue weighted by Gasteiger charge is -2.77. The monoisotopic (exact) mass is 366 g/mol. The fourth-order valence-corrected chi connectivity index (χ4v) is 11.3. The summed E-state index contributed by atoms with van der Waals surface area (Å²) in [5, 5.41) is 0. The van der Waals surface area contributed by atoms with Crippen molar-refractivity contribution in [1.29, 1.82) is 0 Å². The Morgan fingerprint density at radius 1 is 0.815 bits per heavy atom. The maximum atomic E-state index is 14.0. The molecule has 6 nitrogen and oxygen atoms in total. The van der Waals surface area contributed by atoms with Crippen LogP contribution in [-0.2, 0) is 28.6 Å². The summed E-state index contributed by atoms with van der Waals surface area (Å²) < 4.78 is 18.1. The summed E-state index contributed by atoms with van der Waals surface area (Å²) in [6.45, 7) is 1.12. The molecular weight excluding hydrogens is 348 g/mol. The van der Waals surface area contributed by atoms with E-state index in [1.54, 1.807) is 0 Å². The van der Waals surface area contributed by atoms with E-state index in [0.29, 0.717) is 42.7 Å². The van der Waals surface area contributed by atoms with Crippen molar-refractivity contribution >= 4 is 17.7 Å². The van der Waals surface area contributed by atoms with Crippen molar-refractivity contribution in [2.24, 2.45) is 70.0 Å². The number of esters is 2. The van der Waals surface area contributed by atoms with Gasteiger partial charge in [-0.1, -0.05) is 12.2 Å². The largest absolute Gasteiger partial charge is 0.393 e. The number of cyclic esters (lactones) is 2. The number of allylic oxidation sites excluding steroid dienone is 2. The van der Waals surface area contributed by atoms with Crippen LogP contribution in [0.3, 0.4) is 0 Å². The maximum absolute atomic E-state index is 14.0. The third-order valence-electron chi connectivity index (χ3n) is 10.8. The molecule has 2 aliphatic heterocycles. The molecule has 0 aromatic carbocycles. The molecule has 10 rings (SSSR count). The first-order valence-corrected chi connectivity index (χ1v) is 10.4. The number of Topliss-reactive ketones (excluding diaryl/α,β-unsaturated/α-hetero) is 1. The van der Waals surface area contributed by atoms with E-state index in [4.69, 9.17) is 14.2 Å². The minimum Gasteiger partial charge on any atom is -0.393 e. The van der Waals surface area contributed by atoms with Gasteiger partial charge in [-0.25, -0.2) is 0 Å². The first-order chi connectivity index (χ1) is 13.1. The van der Waals surface area contributed by atoms with Crippen molar-refractivity contribution in [3.05, 3.63) is 12.2 Å². The van der Waals surface area contributed by atoms with Gasteiger partial charge in [0.25, 0.3) is 0 Å². The third-order valence-corrected chi connectivity index (χ3v) is 10.8. The van der Waals surface area contributed by atoms with E-state index < -0.39 is 40.4 Å². The Morgan fingerprint density at radius 3 is 2.30 bits per heavy atom. The summed E-state index contributed by atoms with van der Waals surface area (Å²) in [6.07, 6.45) is 5.30. The second-order valence-electron chi connectivity index (χ2n) is 10.4. The van der Waals surface area contributed by atoms with Gasteiger partial charge in [0, 0.05) is 29.1 Å². The lowest BCUT2D eigenvalue weighted by Crippen LogP contribution is -2.83. The summed E-state index contributed by atoms with van der Waals surface area (Å²) in [5.74, 6) is -0.711. The summed E-state index contributed by atoms with van der Waals surface area (Å²) in [6, 6.07) is 0. The molecule has 27 heavy (non-hydrogen) atoms. The molecule has 0 N–H and O–H groups in total. The van der Waals surface area contributed by atoms with Gasteiger partial charge in [-0.2, -0.15) is 0 Å². The Hall–Kier alpha value is -1.53. The first-order valence-electron chi connectivity index (χ1n) is 10.4. The highest BCUT2D eigenvalue weighted by Gasteiger charge is 3.04. The lowest BCUT2D eigenvalue weighted by molar-refractivity contribution is -0.375. The van der Waals surface area contributed by atoms with Gasteiger partial charge in [0.2, 0.25) is 0 Å². The van der Waals surface area contributed by atoms with Crippen molar-refractivity contribution in [3.8, 4) is 0 Å². The van der Waals surface area contributed by atoms with Crippen molar-refractivity contribution in [3.63, 3.8) is 0 Å². The standard InChI is InChI=1S/C21H18O6/c22-16-10-6-5-7-13(10)21(25-3-4-26-21)20-9-2-1-8(19(16,20)14(6)15(7)20)11-12(9)18(24)27-17(11)23/h1-2,6-15H,3-5H2/t6-,7+,8+,9-,10-,11?,12?,13+,14+,15-,19-,20-/m0/s1. The summed E-state index contributed by atoms with van der Waals surface area (Å²) in [7, 11) is 0. The summed E-state index contributed by atoms with van der Waals surface area (Å²) >= 11 is 0. The van der Waals surface area contributed by atoms with E-state index in [9.17, 15) is 14.4 Å². The van der Waals surface area contributed by atoms with E-state index >= 15 is 0 Å². The zero-order valence-electron chi connectivity index (χ0n) is 14.5. The predicted octanol–water partition coefficient (Wildman–Crippen LogP) is 0.558. The highest BCUT2D eigenvalue weighted by molar-refractivity contribution is 6.03. The summed E-state index contributed by atoms with van der Waals surface area (Å²) in [5.41, 5.74) is -1.02. The van der Waals surface area contributed by atoms with Crippen LogP contribution in [0.25, 0.3) is 0 Å². The van der Waals surface area contributed by atoms with E-state index in [-0.39, 0.29) is 23.7 Å². The number of ketones is 1. The Morgan fingerprint density at radius 2 is 1.52 bits per heavy atom. The molecule has 2 saturated heterocycles. The third kappa shape index (κ3) is 0.824. The predicted molar refractivity (Wildman–Crippen MR) is 84.3 cm³/mol. The second kappa shape index (κ2) is 3.35. The van der Waals surface area contributed by atoms with Gasteiger partial charge in [0.15, 0.2) is 5.79 Å². The molecule has 2 unspecified atom stereocenters. The number of hydrogen-bond acceptors (Lipinski definition) is 6. The SMILES string of the molecule is O=C1OC(=O)C2C1[C@H]1C=C[C@@H]2[C@]23[C@H]4[C@@H]5C[C@H]6[C@H](C(=O)[C@@]12[C@H]64)[C@@H]5C31OCCO1. The molecular formula is C21H18O6. The fourth-order valence-electron chi connectivity index (χ4n) is 11.3. The average molecular weight is 366 g/mol. The minimum atomic E-state index is -0.729. The molecule has 3 spiro atoms. The van der Waals surface area contributed by atoms with Crippen LogP contribution in [0.2, 0.25) is 0 Å². The van der Waals surface area contributed by atoms with Crippen LogP contribution in [0.15, 0.2) is 12.2 Å². The highest BCUT2D eigenvalue weighted by Crippen LogP contribution is 2.99. The smallest absolute Gasteiger partial charge is 0.318 e. The van der Waals surface area contributed by atoms with E-state index in [1.165, 1.54) is 0 Å². The Labute approximate surface area is 154 Å². The van der Waals surface area contributed by atoms with Gasteiger partial charge in [0.05, 0.1) is 30.5 Å². The zero-order chi connectivity index (χ0) is 17.7. The summed E-state index contributed by atoms with van der Waals surface area (Å²) in [4.78, 5) is 39.3. The molecule has 138 valence electrons. The number of rotatable bonds is 0. The van der Waals surface area contributed by atoms with Gasteiger partial charge in [-0.15, -0.1) is 0 Å². The van der Waals surface area contributed by atoms with Crippen LogP contribution in [0.1, 0.15) is 6.42 Å². The number of hydrogen-bond donors (Lipinski definition) is 0. The molecule has 0 amide bonds. The highest BCUT2D eigenvalue weighted by atomic mass is 16.7. The van der Waals surface area contributed by atoms with Gasteiger partial charge in [0.1, 0.15) is 5.78 Å². The van der Waals surface area contributed by atoms with Gasteiger partial charge >= 0.3 is 11.9 Å². The Kier molecular flexibility index (Phi) is 1.69. The van der Waals surface area contributed by atoms with Crippen LogP contribution >= 0.6 is 0 Å². The zero-order valence-corrected chi connectivity index (χ0v) is 14.5. The normalized spacial score (nSPS) is 68.2. The van der Waals surface area contributed by atoms with Crippen molar-refractivity contribution in [2.45, 2.75) is 12.2 Å². The van der Waals surface area contributed by atoms with Gasteiger partial charge < -0.3 is 14.2 Å². The molecule has 12 atom stereocenters. The minimum absolute atomic E-state index is 0.0318. The number of ether oxygens (including phenoxy) is 3. The van der Waals surface area contributed by atoms with Crippen molar-refractivity contribution in [2.75, 3.05) is 13.2 Å². The van der Waals surface area contributed by atoms with E-state index in [0.717, 1.165) is 6.42 Å². The van der Waals surface area contributed by atoms with Crippen LogP contribution in [0.5, 0.6) is 0 Å². The molecule has 2 heterocycles. The van der Waals surface area contributed by atoms with Crippen molar-refractivity contribution < 1.29 is 28.6 Å². The fraction of sp³-hybridized carbons (Fsp3) is 0.762. The molecule has 0 radical (unpaired) electrons. The van der Waals surface area contributed by atoms with E-state index in [2.05, 4.69) is 12.2 Å². The molecule has 4 bridgehead atoms. The molecule has 10 aliphatic rings. The van der Waals surface area contributed by atoms with Gasteiger partial charge in [-0.05, 0) is 30.1 Å². The molecule has 0 aromatic rings. The van der Waals surface area contributed by atoms with Crippen LogP contribution in [-0.4, -0.2) is 36.7 Å². The van der Waals surface area contributed by atoms with Crippen LogP contribution < -0.4 is 0 Å². The molecule has 0 aromatic heterocycles. The molecule has 6 heteroatoms. The van der Waals surface area contributed by atoms with Crippen LogP contribution in [0.4, 0.5) is 0 Å². The van der Waals surface area contributed by atoms with E-state index in [1.807, 2.05) is 0 Å².